The van der Waals surface area contributed by atoms with Crippen molar-refractivity contribution in [1.29, 1.82) is 0 Å². The van der Waals surface area contributed by atoms with Crippen molar-refractivity contribution in [2.75, 3.05) is 18.7 Å². The monoisotopic (exact) mass is 492 g/mol. The van der Waals surface area contributed by atoms with Gasteiger partial charge in [0, 0.05) is 30.1 Å². The van der Waals surface area contributed by atoms with Crippen molar-refractivity contribution in [3.63, 3.8) is 0 Å². The molecule has 2 aromatic carbocycles. The third kappa shape index (κ3) is 4.88. The summed E-state index contributed by atoms with van der Waals surface area (Å²) in [7, 11) is 0. The Kier molecular flexibility index (Phi) is 5.92. The first kappa shape index (κ1) is 24.5. The predicted molar refractivity (Wildman–Crippen MR) is 138 cm³/mol. The molecule has 1 unspecified atom stereocenters. The molecule has 0 saturated heterocycles. The first-order valence-corrected chi connectivity index (χ1v) is 12.7. The quantitative estimate of drug-likeness (QED) is 0.556. The minimum absolute atomic E-state index is 0.164. The molecule has 1 fully saturated rings. The minimum atomic E-state index is -0.522. The number of rotatable bonds is 7. The normalized spacial score (nSPS) is 19.3. The van der Waals surface area contributed by atoms with Gasteiger partial charge in [0.05, 0.1) is 5.41 Å². The Bertz CT molecular complexity index is 1190. The van der Waals surface area contributed by atoms with Crippen LogP contribution < -0.4 is 20.1 Å². The van der Waals surface area contributed by atoms with Gasteiger partial charge in [-0.15, -0.1) is 0 Å². The average Bonchev–Trinajstić information content (AvgIpc) is 3.28. The standard InChI is InChI=1S/C29H36N2O5/c1-27(2,3)36-26(33)30-16-28(4,5)24-14-19-12-18(6-8-21(19)31-24)13-25(32)29(10-11-29)20-7-9-22-23(15-20)35-17-34-22/h6-9,12,15,24,31H,10-11,13-14,16-17H2,1-5H3,(H,30,33). The van der Waals surface area contributed by atoms with E-state index in [1.54, 1.807) is 0 Å². The number of anilines is 1. The zero-order chi connectivity index (χ0) is 25.7. The van der Waals surface area contributed by atoms with Crippen molar-refractivity contribution in [3.05, 3.63) is 53.1 Å². The van der Waals surface area contributed by atoms with Crippen molar-refractivity contribution in [2.45, 2.75) is 77.4 Å². The summed E-state index contributed by atoms with van der Waals surface area (Å²) in [6, 6.07) is 12.3. The third-order valence-corrected chi connectivity index (χ3v) is 7.53. The highest BCUT2D eigenvalue weighted by atomic mass is 16.7. The molecule has 5 rings (SSSR count). The number of Topliss-reactive ketones (excluding diaryl/α,β-unsaturated/α-hetero) is 1. The van der Waals surface area contributed by atoms with Gasteiger partial charge in [0.15, 0.2) is 11.5 Å². The number of carbonyl (C=O) groups is 2. The summed E-state index contributed by atoms with van der Waals surface area (Å²) in [5, 5.41) is 6.53. The Morgan fingerprint density at radius 3 is 2.53 bits per heavy atom. The van der Waals surface area contributed by atoms with Gasteiger partial charge >= 0.3 is 6.09 Å². The van der Waals surface area contributed by atoms with Crippen molar-refractivity contribution in [1.82, 2.24) is 5.32 Å². The molecule has 7 heteroatoms. The van der Waals surface area contributed by atoms with Gasteiger partial charge < -0.3 is 24.8 Å². The smallest absolute Gasteiger partial charge is 0.407 e. The number of fused-ring (bicyclic) bond motifs is 2. The largest absolute Gasteiger partial charge is 0.454 e. The molecule has 0 bridgehead atoms. The molecule has 192 valence electrons. The number of nitrogens with one attached hydrogen (secondary N) is 2. The Labute approximate surface area is 212 Å². The number of carbonyl (C=O) groups excluding carboxylic acids is 2. The van der Waals surface area contributed by atoms with Gasteiger partial charge in [-0.05, 0) is 74.9 Å². The first-order valence-electron chi connectivity index (χ1n) is 12.7. The van der Waals surface area contributed by atoms with E-state index in [1.165, 1.54) is 5.56 Å². The molecule has 1 amide bonds. The van der Waals surface area contributed by atoms with Crippen LogP contribution in [-0.2, 0) is 27.8 Å². The molecule has 1 aliphatic carbocycles. The molecule has 1 saturated carbocycles. The molecular formula is C29H36N2O5. The molecule has 1 atom stereocenters. The van der Waals surface area contributed by atoms with E-state index in [0.717, 1.165) is 47.6 Å². The van der Waals surface area contributed by atoms with Gasteiger partial charge in [0.2, 0.25) is 6.79 Å². The summed E-state index contributed by atoms with van der Waals surface area (Å²) in [6.07, 6.45) is 2.60. The van der Waals surface area contributed by atoms with Crippen LogP contribution in [0.5, 0.6) is 11.5 Å². The average molecular weight is 493 g/mol. The summed E-state index contributed by atoms with van der Waals surface area (Å²) < 4.78 is 16.3. The van der Waals surface area contributed by atoms with E-state index >= 15 is 0 Å². The van der Waals surface area contributed by atoms with Gasteiger partial charge in [-0.2, -0.15) is 0 Å². The summed E-state index contributed by atoms with van der Waals surface area (Å²) in [5.41, 5.74) is 3.25. The van der Waals surface area contributed by atoms with Crippen LogP contribution in [0.2, 0.25) is 0 Å². The highest BCUT2D eigenvalue weighted by Crippen LogP contribution is 2.51. The Morgan fingerprint density at radius 2 is 1.81 bits per heavy atom. The van der Waals surface area contributed by atoms with Crippen LogP contribution in [0.15, 0.2) is 36.4 Å². The lowest BCUT2D eigenvalue weighted by Gasteiger charge is -2.32. The van der Waals surface area contributed by atoms with Crippen LogP contribution in [-0.4, -0.2) is 36.9 Å². The number of ether oxygens (including phenoxy) is 3. The van der Waals surface area contributed by atoms with Crippen LogP contribution in [0.4, 0.5) is 10.5 Å². The van der Waals surface area contributed by atoms with Crippen LogP contribution in [0, 0.1) is 5.41 Å². The number of alkyl carbamates (subject to hydrolysis) is 1. The number of amides is 1. The SMILES string of the molecule is CC(C)(C)OC(=O)NCC(C)(C)C1Cc2cc(CC(=O)C3(c4ccc5c(c4)OCO5)CC3)ccc2N1. The van der Waals surface area contributed by atoms with E-state index in [-0.39, 0.29) is 24.0 Å². The Morgan fingerprint density at radius 1 is 1.06 bits per heavy atom. The number of benzene rings is 2. The zero-order valence-corrected chi connectivity index (χ0v) is 21.8. The van der Waals surface area contributed by atoms with Crippen molar-refractivity contribution in [2.24, 2.45) is 5.41 Å². The maximum Gasteiger partial charge on any atom is 0.407 e. The highest BCUT2D eigenvalue weighted by molar-refractivity contribution is 5.95. The zero-order valence-electron chi connectivity index (χ0n) is 21.8. The molecule has 0 radical (unpaired) electrons. The molecule has 2 heterocycles. The molecule has 36 heavy (non-hydrogen) atoms. The third-order valence-electron chi connectivity index (χ3n) is 7.53. The number of hydrogen-bond donors (Lipinski definition) is 2. The molecule has 7 nitrogen and oxygen atoms in total. The lowest BCUT2D eigenvalue weighted by Crippen LogP contribution is -2.45. The van der Waals surface area contributed by atoms with Gasteiger partial charge in [0.1, 0.15) is 11.4 Å². The van der Waals surface area contributed by atoms with Gasteiger partial charge in [0.25, 0.3) is 0 Å². The predicted octanol–water partition coefficient (Wildman–Crippen LogP) is 5.15. The summed E-state index contributed by atoms with van der Waals surface area (Å²) in [4.78, 5) is 25.6. The van der Waals surface area contributed by atoms with Crippen molar-refractivity contribution >= 4 is 17.6 Å². The molecular weight excluding hydrogens is 456 g/mol. The molecule has 0 aromatic heterocycles. The number of hydrogen-bond acceptors (Lipinski definition) is 6. The van der Waals surface area contributed by atoms with Gasteiger partial charge in [-0.1, -0.05) is 32.0 Å². The van der Waals surface area contributed by atoms with Crippen molar-refractivity contribution in [3.8, 4) is 11.5 Å². The Balaban J connectivity index is 1.22. The van der Waals surface area contributed by atoms with Crippen molar-refractivity contribution < 1.29 is 23.8 Å². The lowest BCUT2D eigenvalue weighted by molar-refractivity contribution is -0.120. The topological polar surface area (TPSA) is 85.9 Å². The molecule has 2 aromatic rings. The lowest BCUT2D eigenvalue weighted by atomic mass is 9.82. The molecule has 0 spiro atoms. The fourth-order valence-corrected chi connectivity index (χ4v) is 5.14. The van der Waals surface area contributed by atoms with Gasteiger partial charge in [-0.25, -0.2) is 4.79 Å². The van der Waals surface area contributed by atoms with Crippen LogP contribution in [0.3, 0.4) is 0 Å². The van der Waals surface area contributed by atoms with Gasteiger partial charge in [-0.3, -0.25) is 4.79 Å². The van der Waals surface area contributed by atoms with E-state index < -0.39 is 17.1 Å². The van der Waals surface area contributed by atoms with E-state index in [0.29, 0.717) is 13.0 Å². The molecule has 2 aliphatic heterocycles. The molecule has 3 aliphatic rings. The maximum absolute atomic E-state index is 13.4. The fourth-order valence-electron chi connectivity index (χ4n) is 5.14. The number of ketones is 1. The van der Waals surface area contributed by atoms with E-state index in [2.05, 4.69) is 36.6 Å². The second-order valence-electron chi connectivity index (χ2n) is 12.0. The highest BCUT2D eigenvalue weighted by Gasteiger charge is 2.50. The van der Waals surface area contributed by atoms with Crippen LogP contribution in [0.25, 0.3) is 0 Å². The summed E-state index contributed by atoms with van der Waals surface area (Å²) in [5.74, 6) is 1.72. The maximum atomic E-state index is 13.4. The first-order chi connectivity index (χ1) is 17.0. The second-order valence-corrected chi connectivity index (χ2v) is 12.0. The summed E-state index contributed by atoms with van der Waals surface area (Å²) in [6.45, 7) is 10.6. The minimum Gasteiger partial charge on any atom is -0.454 e. The Hall–Kier alpha value is -3.22. The van der Waals surface area contributed by atoms with Crippen LogP contribution >= 0.6 is 0 Å². The van der Waals surface area contributed by atoms with E-state index in [9.17, 15) is 9.59 Å². The fraction of sp³-hybridized carbons (Fsp3) is 0.517. The van der Waals surface area contributed by atoms with Crippen LogP contribution in [0.1, 0.15) is 64.2 Å². The second kappa shape index (κ2) is 8.71. The molecule has 2 N–H and O–H groups in total. The van der Waals surface area contributed by atoms with E-state index in [1.807, 2.05) is 45.0 Å². The summed E-state index contributed by atoms with van der Waals surface area (Å²) >= 11 is 0. The van der Waals surface area contributed by atoms with E-state index in [4.69, 9.17) is 14.2 Å².